The van der Waals surface area contributed by atoms with Crippen LogP contribution in [0.1, 0.15) is 36.5 Å². The molecule has 0 heterocycles. The Hall–Kier alpha value is -1.55. The van der Waals surface area contributed by atoms with E-state index in [1.54, 1.807) is 12.1 Å². The van der Waals surface area contributed by atoms with Gasteiger partial charge in [-0.05, 0) is 30.7 Å². The van der Waals surface area contributed by atoms with Gasteiger partial charge in [0.25, 0.3) is 0 Å². The summed E-state index contributed by atoms with van der Waals surface area (Å²) < 4.78 is 0. The van der Waals surface area contributed by atoms with Gasteiger partial charge in [0.2, 0.25) is 0 Å². The van der Waals surface area contributed by atoms with E-state index in [1.807, 2.05) is 0 Å². The van der Waals surface area contributed by atoms with Gasteiger partial charge in [-0.1, -0.05) is 19.8 Å². The average molecular weight is 224 g/mol. The zero-order valence-electron chi connectivity index (χ0n) is 9.31. The second kappa shape index (κ2) is 6.85. The number of rotatable bonds is 7. The third-order valence-corrected chi connectivity index (χ3v) is 2.09. The number of carboxylic acids is 1. The van der Waals surface area contributed by atoms with E-state index in [0.717, 1.165) is 19.3 Å². The smallest absolute Gasteiger partial charge is 0.335 e. The predicted octanol–water partition coefficient (Wildman–Crippen LogP) is 2.89. The van der Waals surface area contributed by atoms with Crippen molar-refractivity contribution < 1.29 is 19.7 Å². The highest BCUT2D eigenvalue weighted by Crippen LogP contribution is 2.12. The standard InChI is InChI=1S/C12H16O4/c1-2-3-4-9-15-16-11-7-5-10(6-8-11)12(13)14/h5-8H,2-4,9H2,1H3,(H,13,14). The lowest BCUT2D eigenvalue weighted by molar-refractivity contribution is -0.207. The van der Waals surface area contributed by atoms with E-state index in [0.29, 0.717) is 12.4 Å². The van der Waals surface area contributed by atoms with Crippen molar-refractivity contribution in [1.82, 2.24) is 0 Å². The number of carbonyl (C=O) groups is 1. The van der Waals surface area contributed by atoms with Crippen molar-refractivity contribution in [1.29, 1.82) is 0 Å². The summed E-state index contributed by atoms with van der Waals surface area (Å²) in [6.07, 6.45) is 3.21. The molecule has 0 aromatic heterocycles. The van der Waals surface area contributed by atoms with Gasteiger partial charge in [-0.3, -0.25) is 0 Å². The monoisotopic (exact) mass is 224 g/mol. The van der Waals surface area contributed by atoms with Gasteiger partial charge in [-0.15, -0.1) is 0 Å². The summed E-state index contributed by atoms with van der Waals surface area (Å²) in [4.78, 5) is 20.5. The molecule has 0 saturated carbocycles. The third-order valence-electron chi connectivity index (χ3n) is 2.09. The van der Waals surface area contributed by atoms with Crippen molar-refractivity contribution in [3.8, 4) is 5.75 Å². The predicted molar refractivity (Wildman–Crippen MR) is 59.5 cm³/mol. The average Bonchev–Trinajstić information content (AvgIpc) is 2.29. The first-order valence-corrected chi connectivity index (χ1v) is 5.37. The molecule has 1 rings (SSSR count). The Morgan fingerprint density at radius 2 is 1.94 bits per heavy atom. The van der Waals surface area contributed by atoms with Crippen LogP contribution in [0.5, 0.6) is 5.75 Å². The summed E-state index contributed by atoms with van der Waals surface area (Å²) >= 11 is 0. The molecule has 0 fully saturated rings. The van der Waals surface area contributed by atoms with Crippen LogP contribution in [0.2, 0.25) is 0 Å². The molecule has 0 aliphatic carbocycles. The lowest BCUT2D eigenvalue weighted by Gasteiger charge is -2.04. The fourth-order valence-corrected chi connectivity index (χ4v) is 1.17. The van der Waals surface area contributed by atoms with Gasteiger partial charge in [-0.2, -0.15) is 4.89 Å². The van der Waals surface area contributed by atoms with Crippen molar-refractivity contribution in [2.45, 2.75) is 26.2 Å². The SMILES string of the molecule is CCCCCOOc1ccc(C(=O)O)cc1. The van der Waals surface area contributed by atoms with E-state index < -0.39 is 5.97 Å². The lowest BCUT2D eigenvalue weighted by atomic mass is 10.2. The normalized spacial score (nSPS) is 10.1. The van der Waals surface area contributed by atoms with Crippen molar-refractivity contribution in [2.24, 2.45) is 0 Å². The minimum Gasteiger partial charge on any atom is -0.478 e. The minimum atomic E-state index is -0.949. The molecule has 0 radical (unpaired) electrons. The first kappa shape index (κ1) is 12.5. The topological polar surface area (TPSA) is 55.8 Å². The minimum absolute atomic E-state index is 0.235. The number of aromatic carboxylic acids is 1. The van der Waals surface area contributed by atoms with Crippen molar-refractivity contribution in [3.63, 3.8) is 0 Å². The second-order valence-electron chi connectivity index (χ2n) is 3.44. The summed E-state index contributed by atoms with van der Waals surface area (Å²) in [6.45, 7) is 2.67. The first-order valence-electron chi connectivity index (χ1n) is 5.37. The van der Waals surface area contributed by atoms with E-state index in [4.69, 9.17) is 14.9 Å². The Morgan fingerprint density at radius 3 is 2.50 bits per heavy atom. The van der Waals surface area contributed by atoms with Gasteiger partial charge in [-0.25, -0.2) is 4.79 Å². The number of benzene rings is 1. The zero-order chi connectivity index (χ0) is 11.8. The van der Waals surface area contributed by atoms with Crippen LogP contribution in [-0.2, 0) is 4.89 Å². The summed E-state index contributed by atoms with van der Waals surface area (Å²) in [7, 11) is 0. The van der Waals surface area contributed by atoms with Gasteiger partial charge < -0.3 is 9.99 Å². The largest absolute Gasteiger partial charge is 0.478 e. The Labute approximate surface area is 94.7 Å². The van der Waals surface area contributed by atoms with Gasteiger partial charge in [0.15, 0.2) is 5.75 Å². The molecule has 0 aliphatic rings. The molecule has 0 saturated heterocycles. The fourth-order valence-electron chi connectivity index (χ4n) is 1.17. The van der Waals surface area contributed by atoms with E-state index in [9.17, 15) is 4.79 Å². The molecule has 4 heteroatoms. The molecular formula is C12H16O4. The van der Waals surface area contributed by atoms with Gasteiger partial charge >= 0.3 is 5.97 Å². The Bertz CT molecular complexity index is 318. The highest BCUT2D eigenvalue weighted by molar-refractivity contribution is 5.87. The van der Waals surface area contributed by atoms with Crippen LogP contribution in [0, 0.1) is 0 Å². The van der Waals surface area contributed by atoms with Crippen molar-refractivity contribution >= 4 is 5.97 Å². The molecule has 0 atom stereocenters. The lowest BCUT2D eigenvalue weighted by Crippen LogP contribution is -2.00. The maximum absolute atomic E-state index is 10.6. The van der Waals surface area contributed by atoms with Crippen LogP contribution in [0.4, 0.5) is 0 Å². The van der Waals surface area contributed by atoms with E-state index in [-0.39, 0.29) is 5.56 Å². The molecule has 0 bridgehead atoms. The Morgan fingerprint density at radius 1 is 1.25 bits per heavy atom. The van der Waals surface area contributed by atoms with Gasteiger partial charge in [0.1, 0.15) is 0 Å². The maximum atomic E-state index is 10.6. The number of hydrogen-bond acceptors (Lipinski definition) is 3. The van der Waals surface area contributed by atoms with Gasteiger partial charge in [0, 0.05) is 0 Å². The highest BCUT2D eigenvalue weighted by Gasteiger charge is 2.02. The molecule has 16 heavy (non-hydrogen) atoms. The number of unbranched alkanes of at least 4 members (excludes halogenated alkanes) is 2. The molecule has 0 spiro atoms. The molecular weight excluding hydrogens is 208 g/mol. The zero-order valence-corrected chi connectivity index (χ0v) is 9.31. The van der Waals surface area contributed by atoms with E-state index in [1.165, 1.54) is 12.1 Å². The maximum Gasteiger partial charge on any atom is 0.335 e. The van der Waals surface area contributed by atoms with Crippen LogP contribution in [0.3, 0.4) is 0 Å². The molecule has 1 aromatic rings. The highest BCUT2D eigenvalue weighted by atomic mass is 17.2. The molecule has 1 aromatic carbocycles. The summed E-state index contributed by atoms with van der Waals surface area (Å²) in [5.74, 6) is -0.433. The second-order valence-corrected chi connectivity index (χ2v) is 3.44. The first-order chi connectivity index (χ1) is 7.74. The molecule has 1 N–H and O–H groups in total. The van der Waals surface area contributed by atoms with E-state index in [2.05, 4.69) is 6.92 Å². The van der Waals surface area contributed by atoms with E-state index >= 15 is 0 Å². The van der Waals surface area contributed by atoms with Crippen molar-refractivity contribution in [3.05, 3.63) is 29.8 Å². The van der Waals surface area contributed by atoms with Crippen LogP contribution < -0.4 is 4.89 Å². The van der Waals surface area contributed by atoms with Crippen LogP contribution in [0.15, 0.2) is 24.3 Å². The summed E-state index contributed by atoms with van der Waals surface area (Å²) in [6, 6.07) is 6.10. The van der Waals surface area contributed by atoms with Crippen LogP contribution >= 0.6 is 0 Å². The summed E-state index contributed by atoms with van der Waals surface area (Å²) in [5, 5.41) is 8.68. The number of carboxylic acid groups (broad SMARTS) is 1. The molecule has 0 amide bonds. The summed E-state index contributed by atoms with van der Waals surface area (Å²) in [5.41, 5.74) is 0.235. The Balaban J connectivity index is 2.29. The Kier molecular flexibility index (Phi) is 5.36. The number of hydrogen-bond donors (Lipinski definition) is 1. The molecule has 88 valence electrons. The van der Waals surface area contributed by atoms with Crippen LogP contribution in [0.25, 0.3) is 0 Å². The quantitative estimate of drug-likeness (QED) is 0.439. The molecule has 0 unspecified atom stereocenters. The van der Waals surface area contributed by atoms with Crippen LogP contribution in [-0.4, -0.2) is 17.7 Å². The fraction of sp³-hybridized carbons (Fsp3) is 0.417. The molecule has 4 nitrogen and oxygen atoms in total. The molecule has 0 aliphatic heterocycles. The van der Waals surface area contributed by atoms with Gasteiger partial charge in [0.05, 0.1) is 12.2 Å². The van der Waals surface area contributed by atoms with Crippen molar-refractivity contribution in [2.75, 3.05) is 6.61 Å². The third kappa shape index (κ3) is 4.31.